The van der Waals surface area contributed by atoms with Crippen LogP contribution in [0, 0.1) is 3.57 Å². The first-order chi connectivity index (χ1) is 19.7. The van der Waals surface area contributed by atoms with Crippen LogP contribution in [0.3, 0.4) is 0 Å². The number of methoxy groups -OCH3 is 1. The predicted molar refractivity (Wildman–Crippen MR) is 162 cm³/mol. The van der Waals surface area contributed by atoms with Crippen molar-refractivity contribution >= 4 is 69.1 Å². The summed E-state index contributed by atoms with van der Waals surface area (Å²) in [6, 6.07) is 16.6. The van der Waals surface area contributed by atoms with Gasteiger partial charge in [0.15, 0.2) is 11.5 Å². The first kappa shape index (κ1) is 29.9. The normalized spacial score (nSPS) is 13.8. The number of aromatic carboxylic acids is 1. The van der Waals surface area contributed by atoms with Gasteiger partial charge in [0.1, 0.15) is 18.9 Å². The molecule has 2 N–H and O–H groups in total. The van der Waals surface area contributed by atoms with Gasteiger partial charge < -0.3 is 24.6 Å². The molecule has 3 aromatic carbocycles. The minimum Gasteiger partial charge on any atom is -0.494 e. The molecule has 1 fully saturated rings. The molecule has 0 saturated carbocycles. The van der Waals surface area contributed by atoms with Gasteiger partial charge in [-0.1, -0.05) is 12.1 Å². The average molecular weight is 688 g/mol. The molecular formula is C29H25IN2O8S. The van der Waals surface area contributed by atoms with Crippen molar-refractivity contribution in [1.29, 1.82) is 0 Å². The first-order valence-electron chi connectivity index (χ1n) is 12.3. The minimum absolute atomic E-state index is 0.175. The summed E-state index contributed by atoms with van der Waals surface area (Å²) < 4.78 is 17.5. The molecule has 0 aliphatic carbocycles. The highest BCUT2D eigenvalue weighted by atomic mass is 127. The number of carboxylic acids is 1. The summed E-state index contributed by atoms with van der Waals surface area (Å²) in [6.45, 7) is 2.16. The standard InChI is InChI=1S/C29H25IN2O8S/c1-3-39-21-10-8-20(9-11-21)31-25(33)15-32-27(34)24(41-29(32)37)14-18-12-22(30)26(23(13-18)38-2)40-16-17-4-6-19(7-5-17)28(35)36/h4-14H,3,15-16H2,1-2H3,(H,31,33)(H,35,36)/b24-14+. The second-order valence-corrected chi connectivity index (χ2v) is 10.8. The molecule has 212 valence electrons. The van der Waals surface area contributed by atoms with Gasteiger partial charge in [0.2, 0.25) is 5.91 Å². The van der Waals surface area contributed by atoms with Gasteiger partial charge in [-0.3, -0.25) is 19.3 Å². The number of carbonyl (C=O) groups excluding carboxylic acids is 3. The number of rotatable bonds is 11. The molecule has 1 aliphatic rings. The number of nitrogens with one attached hydrogen (secondary N) is 1. The minimum atomic E-state index is -1.01. The largest absolute Gasteiger partial charge is 0.494 e. The molecule has 0 unspecified atom stereocenters. The highest BCUT2D eigenvalue weighted by Gasteiger charge is 2.36. The summed E-state index contributed by atoms with van der Waals surface area (Å²) in [5.41, 5.74) is 2.08. The zero-order valence-electron chi connectivity index (χ0n) is 22.0. The van der Waals surface area contributed by atoms with Gasteiger partial charge in [-0.2, -0.15) is 0 Å². The van der Waals surface area contributed by atoms with E-state index in [0.29, 0.717) is 38.7 Å². The van der Waals surface area contributed by atoms with Gasteiger partial charge in [0, 0.05) is 5.69 Å². The van der Waals surface area contributed by atoms with Crippen LogP contribution in [0.2, 0.25) is 0 Å². The number of halogens is 1. The van der Waals surface area contributed by atoms with Gasteiger partial charge >= 0.3 is 5.97 Å². The maximum absolute atomic E-state index is 13.0. The SMILES string of the molecule is CCOc1ccc(NC(=O)CN2C(=O)S/C(=C/c3cc(I)c(OCc4ccc(C(=O)O)cc4)c(OC)c3)C2=O)cc1. The second kappa shape index (κ2) is 13.5. The number of thioether (sulfide) groups is 1. The van der Waals surface area contributed by atoms with Crippen molar-refractivity contribution in [1.82, 2.24) is 4.90 Å². The molecule has 1 saturated heterocycles. The Morgan fingerprint density at radius 2 is 1.76 bits per heavy atom. The van der Waals surface area contributed by atoms with Crippen molar-refractivity contribution in [3.63, 3.8) is 0 Å². The van der Waals surface area contributed by atoms with Gasteiger partial charge in [-0.15, -0.1) is 0 Å². The number of hydrogen-bond donors (Lipinski definition) is 2. The molecule has 3 aromatic rings. The lowest BCUT2D eigenvalue weighted by Crippen LogP contribution is -2.36. The van der Waals surface area contributed by atoms with E-state index in [9.17, 15) is 19.2 Å². The van der Waals surface area contributed by atoms with Crippen molar-refractivity contribution in [2.24, 2.45) is 0 Å². The summed E-state index contributed by atoms with van der Waals surface area (Å²) >= 11 is 2.83. The lowest BCUT2D eigenvalue weighted by molar-refractivity contribution is -0.127. The number of benzene rings is 3. The third kappa shape index (κ3) is 7.58. The molecule has 3 amide bonds. The van der Waals surface area contributed by atoms with E-state index in [1.54, 1.807) is 54.6 Å². The fourth-order valence-electron chi connectivity index (χ4n) is 3.80. The number of nitrogens with zero attached hydrogens (tertiary/aromatic N) is 1. The predicted octanol–water partition coefficient (Wildman–Crippen LogP) is 5.65. The van der Waals surface area contributed by atoms with Crippen LogP contribution in [0.5, 0.6) is 17.2 Å². The van der Waals surface area contributed by atoms with Crippen LogP contribution in [0.1, 0.15) is 28.4 Å². The molecule has 41 heavy (non-hydrogen) atoms. The van der Waals surface area contributed by atoms with Crippen LogP contribution >= 0.6 is 34.4 Å². The molecule has 0 aromatic heterocycles. The fraction of sp³-hybridized carbons (Fsp3) is 0.172. The highest BCUT2D eigenvalue weighted by molar-refractivity contribution is 14.1. The maximum atomic E-state index is 13.0. The number of ether oxygens (including phenoxy) is 3. The topological polar surface area (TPSA) is 131 Å². The molecule has 0 spiro atoms. The molecule has 0 bridgehead atoms. The van der Waals surface area contributed by atoms with Crippen molar-refractivity contribution in [2.45, 2.75) is 13.5 Å². The van der Waals surface area contributed by atoms with Crippen LogP contribution < -0.4 is 19.5 Å². The van der Waals surface area contributed by atoms with E-state index in [1.165, 1.54) is 19.2 Å². The lowest BCUT2D eigenvalue weighted by atomic mass is 10.1. The van der Waals surface area contributed by atoms with Crippen molar-refractivity contribution in [3.8, 4) is 17.2 Å². The summed E-state index contributed by atoms with van der Waals surface area (Å²) in [5.74, 6) is -0.520. The summed E-state index contributed by atoms with van der Waals surface area (Å²) in [5, 5.41) is 11.2. The van der Waals surface area contributed by atoms with E-state index in [-0.39, 0.29) is 17.1 Å². The molecule has 12 heteroatoms. The molecule has 1 aliphatic heterocycles. The number of amides is 3. The van der Waals surface area contributed by atoms with Crippen molar-refractivity contribution in [2.75, 3.05) is 25.6 Å². The Hall–Kier alpha value is -4.04. The molecule has 0 radical (unpaired) electrons. The second-order valence-electron chi connectivity index (χ2n) is 8.60. The first-order valence-corrected chi connectivity index (χ1v) is 14.2. The number of imide groups is 1. The Bertz CT molecular complexity index is 1510. The number of anilines is 1. The van der Waals surface area contributed by atoms with E-state index < -0.39 is 29.6 Å². The van der Waals surface area contributed by atoms with Gasteiger partial charge in [-0.25, -0.2) is 4.79 Å². The van der Waals surface area contributed by atoms with Gasteiger partial charge in [0.05, 0.1) is 27.8 Å². The average Bonchev–Trinajstić information content (AvgIpc) is 3.20. The van der Waals surface area contributed by atoms with E-state index in [1.807, 2.05) is 6.92 Å². The number of carboxylic acid groups (broad SMARTS) is 1. The third-order valence-electron chi connectivity index (χ3n) is 5.76. The zero-order chi connectivity index (χ0) is 29.5. The van der Waals surface area contributed by atoms with E-state index in [4.69, 9.17) is 19.3 Å². The molecule has 10 nitrogen and oxygen atoms in total. The Labute approximate surface area is 253 Å². The molecular weight excluding hydrogens is 663 g/mol. The van der Waals surface area contributed by atoms with Crippen LogP contribution in [0.4, 0.5) is 10.5 Å². The zero-order valence-corrected chi connectivity index (χ0v) is 25.0. The smallest absolute Gasteiger partial charge is 0.335 e. The fourth-order valence-corrected chi connectivity index (χ4v) is 5.41. The summed E-state index contributed by atoms with van der Waals surface area (Å²) in [7, 11) is 1.49. The number of carbonyl (C=O) groups is 4. The molecule has 1 heterocycles. The number of hydrogen-bond acceptors (Lipinski definition) is 8. The van der Waals surface area contributed by atoms with E-state index in [0.717, 1.165) is 22.2 Å². The molecule has 4 rings (SSSR count). The Balaban J connectivity index is 1.42. The van der Waals surface area contributed by atoms with Crippen molar-refractivity contribution < 1.29 is 38.5 Å². The summed E-state index contributed by atoms with van der Waals surface area (Å²) in [6.07, 6.45) is 1.56. The van der Waals surface area contributed by atoms with E-state index in [2.05, 4.69) is 27.9 Å². The highest BCUT2D eigenvalue weighted by Crippen LogP contribution is 2.37. The van der Waals surface area contributed by atoms with Crippen LogP contribution in [0.15, 0.2) is 65.6 Å². The van der Waals surface area contributed by atoms with Crippen LogP contribution in [-0.4, -0.2) is 53.3 Å². The third-order valence-corrected chi connectivity index (χ3v) is 7.47. The quantitative estimate of drug-likeness (QED) is 0.194. The van der Waals surface area contributed by atoms with E-state index >= 15 is 0 Å². The summed E-state index contributed by atoms with van der Waals surface area (Å²) in [4.78, 5) is 50.2. The monoisotopic (exact) mass is 688 g/mol. The van der Waals surface area contributed by atoms with Crippen LogP contribution in [-0.2, 0) is 16.2 Å². The Kier molecular flexibility index (Phi) is 9.89. The van der Waals surface area contributed by atoms with Gasteiger partial charge in [0.25, 0.3) is 11.1 Å². The van der Waals surface area contributed by atoms with Gasteiger partial charge in [-0.05, 0) is 107 Å². The maximum Gasteiger partial charge on any atom is 0.335 e. The Morgan fingerprint density at radius 3 is 2.39 bits per heavy atom. The van der Waals surface area contributed by atoms with Crippen molar-refractivity contribution in [3.05, 3.63) is 85.8 Å². The Morgan fingerprint density at radius 1 is 1.05 bits per heavy atom. The van der Waals surface area contributed by atoms with Crippen LogP contribution in [0.25, 0.3) is 6.08 Å². The molecule has 0 atom stereocenters. The lowest BCUT2D eigenvalue weighted by Gasteiger charge is -2.14.